The van der Waals surface area contributed by atoms with Crippen molar-refractivity contribution in [2.75, 3.05) is 12.4 Å². The van der Waals surface area contributed by atoms with E-state index < -0.39 is 5.82 Å². The number of hydrogen-bond donors (Lipinski definition) is 2. The zero-order valence-corrected chi connectivity index (χ0v) is 12.9. The van der Waals surface area contributed by atoms with Gasteiger partial charge in [0.2, 0.25) is 5.91 Å². The Balaban J connectivity index is 1.82. The first-order valence-electron chi connectivity index (χ1n) is 7.23. The Morgan fingerprint density at radius 3 is 2.92 bits per heavy atom. The summed E-state index contributed by atoms with van der Waals surface area (Å²) in [6, 6.07) is 7.56. The van der Waals surface area contributed by atoms with E-state index in [1.807, 2.05) is 6.07 Å². The van der Waals surface area contributed by atoms with E-state index in [0.717, 1.165) is 5.56 Å². The number of ether oxygens (including phenoxy) is 1. The third kappa shape index (κ3) is 3.57. The summed E-state index contributed by atoms with van der Waals surface area (Å²) in [6.07, 6.45) is 5.04. The molecular weight excluding hydrogens is 311 g/mol. The fourth-order valence-electron chi connectivity index (χ4n) is 2.29. The van der Waals surface area contributed by atoms with Crippen molar-refractivity contribution in [1.82, 2.24) is 15.0 Å². The van der Waals surface area contributed by atoms with Crippen molar-refractivity contribution in [3.8, 4) is 17.0 Å². The summed E-state index contributed by atoms with van der Waals surface area (Å²) in [5.41, 5.74) is 1.81. The van der Waals surface area contributed by atoms with Crippen LogP contribution in [0.5, 0.6) is 5.75 Å². The van der Waals surface area contributed by atoms with Gasteiger partial charge in [-0.05, 0) is 29.8 Å². The molecule has 0 saturated heterocycles. The molecule has 7 heteroatoms. The molecule has 2 heterocycles. The largest absolute Gasteiger partial charge is 0.496 e. The molecular formula is C17H15FN4O2. The lowest BCUT2D eigenvalue weighted by Crippen LogP contribution is -2.15. The fraction of sp³-hybridized carbons (Fsp3) is 0.118. The van der Waals surface area contributed by atoms with Crippen molar-refractivity contribution in [2.24, 2.45) is 0 Å². The van der Waals surface area contributed by atoms with Crippen molar-refractivity contribution in [3.05, 3.63) is 60.4 Å². The number of nitrogens with zero attached hydrogens (tertiary/aromatic N) is 2. The average molecular weight is 326 g/mol. The van der Waals surface area contributed by atoms with Gasteiger partial charge >= 0.3 is 0 Å². The van der Waals surface area contributed by atoms with Crippen molar-refractivity contribution in [1.29, 1.82) is 0 Å². The highest BCUT2D eigenvalue weighted by Crippen LogP contribution is 2.29. The van der Waals surface area contributed by atoms with Crippen LogP contribution in [-0.2, 0) is 11.2 Å². The molecule has 0 aliphatic rings. The fourth-order valence-corrected chi connectivity index (χ4v) is 2.29. The van der Waals surface area contributed by atoms with Gasteiger partial charge in [-0.3, -0.25) is 4.79 Å². The molecule has 1 aromatic carbocycles. The SMILES string of the molecule is COc1ccc(F)cc1-c1cc(NC(=O)Cc2cc[nH]c2)ncn1. The lowest BCUT2D eigenvalue weighted by molar-refractivity contribution is -0.115. The van der Waals surface area contributed by atoms with Gasteiger partial charge in [0.1, 0.15) is 23.7 Å². The molecule has 1 amide bonds. The predicted molar refractivity (Wildman–Crippen MR) is 87.1 cm³/mol. The molecule has 0 saturated carbocycles. The van der Waals surface area contributed by atoms with E-state index in [1.165, 1.54) is 31.6 Å². The lowest BCUT2D eigenvalue weighted by atomic mass is 10.1. The number of benzene rings is 1. The first-order chi connectivity index (χ1) is 11.7. The first kappa shape index (κ1) is 15.7. The minimum atomic E-state index is -0.401. The Hall–Kier alpha value is -3.22. The molecule has 122 valence electrons. The maximum atomic E-state index is 13.5. The summed E-state index contributed by atoms with van der Waals surface area (Å²) in [5.74, 6) is 0.222. The van der Waals surface area contributed by atoms with Gasteiger partial charge in [-0.1, -0.05) is 0 Å². The summed E-state index contributed by atoms with van der Waals surface area (Å²) in [6.45, 7) is 0. The topological polar surface area (TPSA) is 79.9 Å². The van der Waals surface area contributed by atoms with Crippen LogP contribution in [0.2, 0.25) is 0 Å². The number of halogens is 1. The van der Waals surface area contributed by atoms with Crippen LogP contribution in [0.3, 0.4) is 0 Å². The molecule has 24 heavy (non-hydrogen) atoms. The summed E-state index contributed by atoms with van der Waals surface area (Å²) < 4.78 is 18.7. The van der Waals surface area contributed by atoms with E-state index in [4.69, 9.17) is 4.74 Å². The van der Waals surface area contributed by atoms with Crippen LogP contribution in [0.25, 0.3) is 11.3 Å². The van der Waals surface area contributed by atoms with Gasteiger partial charge in [0.25, 0.3) is 0 Å². The zero-order chi connectivity index (χ0) is 16.9. The highest BCUT2D eigenvalue weighted by Gasteiger charge is 2.11. The number of aromatic amines is 1. The van der Waals surface area contributed by atoms with E-state index in [2.05, 4.69) is 20.3 Å². The van der Waals surface area contributed by atoms with Crippen molar-refractivity contribution in [2.45, 2.75) is 6.42 Å². The van der Waals surface area contributed by atoms with E-state index in [1.54, 1.807) is 18.5 Å². The summed E-state index contributed by atoms with van der Waals surface area (Å²) >= 11 is 0. The van der Waals surface area contributed by atoms with E-state index in [9.17, 15) is 9.18 Å². The molecule has 3 aromatic rings. The second-order valence-corrected chi connectivity index (χ2v) is 5.08. The van der Waals surface area contributed by atoms with Crippen LogP contribution in [0, 0.1) is 5.82 Å². The summed E-state index contributed by atoms with van der Waals surface area (Å²) in [7, 11) is 1.50. The second kappa shape index (κ2) is 6.91. The lowest BCUT2D eigenvalue weighted by Gasteiger charge is -2.09. The normalized spacial score (nSPS) is 10.4. The predicted octanol–water partition coefficient (Wildman–Crippen LogP) is 2.80. The van der Waals surface area contributed by atoms with Crippen LogP contribution in [0.4, 0.5) is 10.2 Å². The number of nitrogens with one attached hydrogen (secondary N) is 2. The molecule has 0 atom stereocenters. The quantitative estimate of drug-likeness (QED) is 0.755. The smallest absolute Gasteiger partial charge is 0.230 e. The number of H-pyrrole nitrogens is 1. The number of methoxy groups -OCH3 is 1. The van der Waals surface area contributed by atoms with Crippen LogP contribution >= 0.6 is 0 Å². The second-order valence-electron chi connectivity index (χ2n) is 5.08. The van der Waals surface area contributed by atoms with Gasteiger partial charge in [0, 0.05) is 24.0 Å². The Morgan fingerprint density at radius 2 is 2.17 bits per heavy atom. The van der Waals surface area contributed by atoms with E-state index >= 15 is 0 Å². The monoisotopic (exact) mass is 326 g/mol. The number of hydrogen-bond acceptors (Lipinski definition) is 4. The minimum Gasteiger partial charge on any atom is -0.496 e. The minimum absolute atomic E-state index is 0.203. The maximum absolute atomic E-state index is 13.5. The number of anilines is 1. The van der Waals surface area contributed by atoms with Crippen molar-refractivity contribution in [3.63, 3.8) is 0 Å². The molecule has 2 N–H and O–H groups in total. The number of rotatable bonds is 5. The molecule has 0 unspecified atom stereocenters. The third-order valence-electron chi connectivity index (χ3n) is 3.40. The molecule has 3 rings (SSSR count). The number of carbonyl (C=O) groups excluding carboxylic acids is 1. The molecule has 0 radical (unpaired) electrons. The molecule has 0 spiro atoms. The Labute approximate surface area is 137 Å². The maximum Gasteiger partial charge on any atom is 0.230 e. The zero-order valence-electron chi connectivity index (χ0n) is 12.9. The Kier molecular flexibility index (Phi) is 4.51. The standard InChI is InChI=1S/C17H15FN4O2/c1-24-15-3-2-12(18)7-13(15)14-8-16(21-10-20-14)22-17(23)6-11-4-5-19-9-11/h2-5,7-10,19H,6H2,1H3,(H,20,21,22,23). The van der Waals surface area contributed by atoms with Crippen LogP contribution < -0.4 is 10.1 Å². The van der Waals surface area contributed by atoms with Crippen molar-refractivity contribution < 1.29 is 13.9 Å². The first-order valence-corrected chi connectivity index (χ1v) is 7.23. The molecule has 0 bridgehead atoms. The van der Waals surface area contributed by atoms with Gasteiger partial charge in [0.15, 0.2) is 0 Å². The number of amides is 1. The summed E-state index contributed by atoms with van der Waals surface area (Å²) in [5, 5.41) is 2.70. The molecule has 0 aliphatic carbocycles. The van der Waals surface area contributed by atoms with Gasteiger partial charge < -0.3 is 15.0 Å². The van der Waals surface area contributed by atoms with E-state index in [0.29, 0.717) is 22.8 Å². The van der Waals surface area contributed by atoms with E-state index in [-0.39, 0.29) is 12.3 Å². The Morgan fingerprint density at radius 1 is 1.29 bits per heavy atom. The van der Waals surface area contributed by atoms with Gasteiger partial charge in [0.05, 0.1) is 19.2 Å². The van der Waals surface area contributed by atoms with Crippen LogP contribution in [-0.4, -0.2) is 28.0 Å². The molecule has 2 aromatic heterocycles. The van der Waals surface area contributed by atoms with Gasteiger partial charge in [-0.25, -0.2) is 14.4 Å². The third-order valence-corrected chi connectivity index (χ3v) is 3.40. The number of aromatic nitrogens is 3. The van der Waals surface area contributed by atoms with Crippen LogP contribution in [0.1, 0.15) is 5.56 Å². The molecule has 6 nitrogen and oxygen atoms in total. The van der Waals surface area contributed by atoms with Gasteiger partial charge in [-0.2, -0.15) is 0 Å². The number of carbonyl (C=O) groups is 1. The molecule has 0 fully saturated rings. The average Bonchev–Trinajstić information content (AvgIpc) is 3.08. The Bertz CT molecular complexity index is 850. The molecule has 0 aliphatic heterocycles. The summed E-state index contributed by atoms with van der Waals surface area (Å²) in [4.78, 5) is 23.1. The van der Waals surface area contributed by atoms with Gasteiger partial charge in [-0.15, -0.1) is 0 Å². The van der Waals surface area contributed by atoms with Crippen molar-refractivity contribution >= 4 is 11.7 Å². The van der Waals surface area contributed by atoms with Crippen LogP contribution in [0.15, 0.2) is 49.1 Å². The highest BCUT2D eigenvalue weighted by atomic mass is 19.1. The highest BCUT2D eigenvalue weighted by molar-refractivity contribution is 5.91.